The maximum Gasteiger partial charge on any atom is 0.227 e. The van der Waals surface area contributed by atoms with Gasteiger partial charge in [0.15, 0.2) is 0 Å². The number of aromatic hydroxyl groups is 1. The highest BCUT2D eigenvalue weighted by molar-refractivity contribution is 5.79. The van der Waals surface area contributed by atoms with E-state index in [2.05, 4.69) is 19.0 Å². The van der Waals surface area contributed by atoms with Crippen LogP contribution in [0.15, 0.2) is 24.3 Å². The van der Waals surface area contributed by atoms with Gasteiger partial charge in [-0.25, -0.2) is 0 Å². The van der Waals surface area contributed by atoms with E-state index in [1.807, 2.05) is 11.0 Å². The summed E-state index contributed by atoms with van der Waals surface area (Å²) in [6.45, 7) is 1.62. The second kappa shape index (κ2) is 6.06. The maximum absolute atomic E-state index is 12.3. The molecule has 1 aliphatic rings. The zero-order chi connectivity index (χ0) is 13.8. The minimum Gasteiger partial charge on any atom is -0.508 e. The van der Waals surface area contributed by atoms with Crippen LogP contribution in [0.4, 0.5) is 0 Å². The Bertz CT molecular complexity index is 446. The topological polar surface area (TPSA) is 43.8 Å². The van der Waals surface area contributed by atoms with Gasteiger partial charge in [0, 0.05) is 24.7 Å². The van der Waals surface area contributed by atoms with Crippen molar-refractivity contribution in [1.82, 2.24) is 9.80 Å². The number of benzene rings is 1. The normalized spacial score (nSPS) is 19.7. The molecule has 0 aliphatic carbocycles. The fraction of sp³-hybridized carbons (Fsp3) is 0.533. The summed E-state index contributed by atoms with van der Waals surface area (Å²) in [7, 11) is 4.11. The molecule has 0 saturated carbocycles. The van der Waals surface area contributed by atoms with Gasteiger partial charge in [0.2, 0.25) is 5.91 Å². The number of amides is 1. The van der Waals surface area contributed by atoms with E-state index in [1.54, 1.807) is 18.2 Å². The molecule has 1 amide bonds. The zero-order valence-electron chi connectivity index (χ0n) is 11.7. The lowest BCUT2D eigenvalue weighted by atomic mass is 10.0. The molecule has 1 N–H and O–H groups in total. The van der Waals surface area contributed by atoms with E-state index in [0.29, 0.717) is 11.6 Å². The van der Waals surface area contributed by atoms with Crippen molar-refractivity contribution < 1.29 is 9.90 Å². The van der Waals surface area contributed by atoms with Gasteiger partial charge in [-0.1, -0.05) is 18.2 Å². The predicted molar refractivity (Wildman–Crippen MR) is 75.1 cm³/mol. The SMILES string of the molecule is CN(C)C1CCCN(C(=O)Cc2ccccc2O)C1. The second-order valence-corrected chi connectivity index (χ2v) is 5.40. The summed E-state index contributed by atoms with van der Waals surface area (Å²) in [5, 5.41) is 9.72. The molecule has 19 heavy (non-hydrogen) atoms. The fourth-order valence-corrected chi connectivity index (χ4v) is 2.54. The highest BCUT2D eigenvalue weighted by Crippen LogP contribution is 2.19. The number of phenols is 1. The van der Waals surface area contributed by atoms with Crippen molar-refractivity contribution in [2.24, 2.45) is 0 Å². The number of rotatable bonds is 3. The Morgan fingerprint density at radius 2 is 2.16 bits per heavy atom. The van der Waals surface area contributed by atoms with Gasteiger partial charge in [-0.3, -0.25) is 4.79 Å². The van der Waals surface area contributed by atoms with Gasteiger partial charge in [0.1, 0.15) is 5.75 Å². The smallest absolute Gasteiger partial charge is 0.227 e. The van der Waals surface area contributed by atoms with Crippen LogP contribution in [0.2, 0.25) is 0 Å². The maximum atomic E-state index is 12.3. The number of hydrogen-bond donors (Lipinski definition) is 1. The summed E-state index contributed by atoms with van der Waals surface area (Å²) in [5.41, 5.74) is 0.708. The van der Waals surface area contributed by atoms with Gasteiger partial charge >= 0.3 is 0 Å². The molecule has 1 unspecified atom stereocenters. The van der Waals surface area contributed by atoms with E-state index in [-0.39, 0.29) is 18.1 Å². The Hall–Kier alpha value is -1.55. The summed E-state index contributed by atoms with van der Waals surface area (Å²) >= 11 is 0. The summed E-state index contributed by atoms with van der Waals surface area (Å²) in [4.78, 5) is 16.4. The molecule has 0 aromatic heterocycles. The molecule has 0 bridgehead atoms. The van der Waals surface area contributed by atoms with Crippen LogP contribution in [0.5, 0.6) is 5.75 Å². The standard InChI is InChI=1S/C15H22N2O2/c1-16(2)13-7-5-9-17(11-13)15(19)10-12-6-3-4-8-14(12)18/h3-4,6,8,13,18H,5,7,9-11H2,1-2H3. The first-order valence-corrected chi connectivity index (χ1v) is 6.79. The van der Waals surface area contributed by atoms with Crippen molar-refractivity contribution in [3.05, 3.63) is 29.8 Å². The van der Waals surface area contributed by atoms with Crippen LogP contribution < -0.4 is 0 Å². The Balaban J connectivity index is 1.98. The fourth-order valence-electron chi connectivity index (χ4n) is 2.54. The van der Waals surface area contributed by atoms with Gasteiger partial charge in [0.05, 0.1) is 6.42 Å². The minimum atomic E-state index is 0.105. The molecule has 4 nitrogen and oxygen atoms in total. The van der Waals surface area contributed by atoms with Gasteiger partial charge in [0.25, 0.3) is 0 Å². The van der Waals surface area contributed by atoms with Crippen molar-refractivity contribution in [3.63, 3.8) is 0 Å². The molecule has 1 aromatic carbocycles. The average Bonchev–Trinajstić information content (AvgIpc) is 2.41. The number of para-hydroxylation sites is 1. The predicted octanol–water partition coefficient (Wildman–Crippen LogP) is 1.49. The third-order valence-electron chi connectivity index (χ3n) is 3.81. The third kappa shape index (κ3) is 3.47. The molecule has 2 rings (SSSR count). The van der Waals surface area contributed by atoms with Gasteiger partial charge in [-0.15, -0.1) is 0 Å². The van der Waals surface area contributed by atoms with Crippen LogP contribution in [0.3, 0.4) is 0 Å². The number of likely N-dealkylation sites (tertiary alicyclic amines) is 1. The van der Waals surface area contributed by atoms with Crippen LogP contribution in [0, 0.1) is 0 Å². The van der Waals surface area contributed by atoms with E-state index in [1.165, 1.54) is 0 Å². The monoisotopic (exact) mass is 262 g/mol. The van der Waals surface area contributed by atoms with Crippen molar-refractivity contribution in [1.29, 1.82) is 0 Å². The molecule has 4 heteroatoms. The lowest BCUT2D eigenvalue weighted by Gasteiger charge is -2.36. The minimum absolute atomic E-state index is 0.105. The van der Waals surface area contributed by atoms with Crippen LogP contribution in [-0.2, 0) is 11.2 Å². The molecule has 0 spiro atoms. The summed E-state index contributed by atoms with van der Waals surface area (Å²) < 4.78 is 0. The Morgan fingerprint density at radius 3 is 2.84 bits per heavy atom. The van der Waals surface area contributed by atoms with Crippen molar-refractivity contribution in [2.45, 2.75) is 25.3 Å². The number of likely N-dealkylation sites (N-methyl/N-ethyl adjacent to an activating group) is 1. The van der Waals surface area contributed by atoms with Gasteiger partial charge < -0.3 is 14.9 Å². The highest BCUT2D eigenvalue weighted by atomic mass is 16.3. The number of nitrogens with zero attached hydrogens (tertiary/aromatic N) is 2. The summed E-state index contributed by atoms with van der Waals surface area (Å²) in [5.74, 6) is 0.310. The summed E-state index contributed by atoms with van der Waals surface area (Å²) in [6, 6.07) is 7.50. The van der Waals surface area contributed by atoms with Crippen molar-refractivity contribution in [3.8, 4) is 5.75 Å². The Labute approximate surface area is 114 Å². The van der Waals surface area contributed by atoms with Crippen molar-refractivity contribution >= 4 is 5.91 Å². The largest absolute Gasteiger partial charge is 0.508 e. The molecule has 1 atom stereocenters. The first-order chi connectivity index (χ1) is 9.08. The zero-order valence-corrected chi connectivity index (χ0v) is 11.7. The van der Waals surface area contributed by atoms with E-state index in [4.69, 9.17) is 0 Å². The third-order valence-corrected chi connectivity index (χ3v) is 3.81. The lowest BCUT2D eigenvalue weighted by Crippen LogP contribution is -2.47. The molecule has 1 aliphatic heterocycles. The highest BCUT2D eigenvalue weighted by Gasteiger charge is 2.25. The number of piperidine rings is 1. The van der Waals surface area contributed by atoms with Gasteiger partial charge in [-0.2, -0.15) is 0 Å². The Morgan fingerprint density at radius 1 is 1.42 bits per heavy atom. The number of carbonyl (C=O) groups is 1. The van der Waals surface area contributed by atoms with Gasteiger partial charge in [-0.05, 0) is 33.0 Å². The first kappa shape index (κ1) is 13.9. The molecule has 1 fully saturated rings. The number of hydrogen-bond acceptors (Lipinski definition) is 3. The number of phenolic OH excluding ortho intramolecular Hbond substituents is 1. The molecule has 1 saturated heterocycles. The van der Waals surface area contributed by atoms with Crippen LogP contribution in [-0.4, -0.2) is 54.0 Å². The van der Waals surface area contributed by atoms with Crippen LogP contribution >= 0.6 is 0 Å². The average molecular weight is 262 g/mol. The lowest BCUT2D eigenvalue weighted by molar-refractivity contribution is -0.132. The molecular formula is C15H22N2O2. The quantitative estimate of drug-likeness (QED) is 0.897. The van der Waals surface area contributed by atoms with Crippen LogP contribution in [0.25, 0.3) is 0 Å². The van der Waals surface area contributed by atoms with Crippen LogP contribution in [0.1, 0.15) is 18.4 Å². The molecule has 104 valence electrons. The first-order valence-electron chi connectivity index (χ1n) is 6.79. The van der Waals surface area contributed by atoms with Crippen molar-refractivity contribution in [2.75, 3.05) is 27.2 Å². The summed E-state index contributed by atoms with van der Waals surface area (Å²) in [6.07, 6.45) is 2.48. The van der Waals surface area contributed by atoms with E-state index < -0.39 is 0 Å². The molecule has 1 heterocycles. The molecule has 0 radical (unpaired) electrons. The van der Waals surface area contributed by atoms with E-state index in [9.17, 15) is 9.90 Å². The van der Waals surface area contributed by atoms with E-state index in [0.717, 1.165) is 25.9 Å². The second-order valence-electron chi connectivity index (χ2n) is 5.40. The number of carbonyl (C=O) groups excluding carboxylic acids is 1. The van der Waals surface area contributed by atoms with E-state index >= 15 is 0 Å². The Kier molecular flexibility index (Phi) is 4.43. The molecule has 1 aromatic rings. The molecular weight excluding hydrogens is 240 g/mol.